The van der Waals surface area contributed by atoms with Gasteiger partial charge in [0.1, 0.15) is 5.75 Å². The molecule has 0 aliphatic heterocycles. The first kappa shape index (κ1) is 13.0. The van der Waals surface area contributed by atoms with Crippen LogP contribution in [0.1, 0.15) is 5.69 Å². The van der Waals surface area contributed by atoms with Crippen molar-refractivity contribution in [2.24, 2.45) is 0 Å². The highest BCUT2D eigenvalue weighted by Crippen LogP contribution is 2.30. The van der Waals surface area contributed by atoms with Gasteiger partial charge in [0.2, 0.25) is 0 Å². The lowest BCUT2D eigenvalue weighted by molar-refractivity contribution is 0.415. The number of hydrogen-bond acceptors (Lipinski definition) is 1. The molecule has 0 unspecified atom stereocenters. The Morgan fingerprint density at radius 3 is 2.36 bits per heavy atom. The zero-order chi connectivity index (χ0) is 15.1. The molecule has 0 N–H and O–H groups in total. The van der Waals surface area contributed by atoms with E-state index < -0.39 is 0 Å². The zero-order valence-corrected chi connectivity index (χ0v) is 12.7. The monoisotopic (exact) mass is 287 g/mol. The fourth-order valence-electron chi connectivity index (χ4n) is 3.17. The summed E-state index contributed by atoms with van der Waals surface area (Å²) in [5.41, 5.74) is 3.63. The Bertz CT molecular complexity index is 964. The summed E-state index contributed by atoms with van der Waals surface area (Å²) >= 11 is 0. The lowest BCUT2D eigenvalue weighted by Gasteiger charge is -2.10. The van der Waals surface area contributed by atoms with Crippen molar-refractivity contribution < 1.29 is 4.74 Å². The lowest BCUT2D eigenvalue weighted by Crippen LogP contribution is -1.96. The molecule has 0 aliphatic rings. The summed E-state index contributed by atoms with van der Waals surface area (Å²) in [5.74, 6) is 0.878. The second kappa shape index (κ2) is 4.92. The van der Waals surface area contributed by atoms with E-state index in [-0.39, 0.29) is 0 Å². The van der Waals surface area contributed by atoms with Crippen LogP contribution >= 0.6 is 0 Å². The molecule has 3 aromatic carbocycles. The van der Waals surface area contributed by atoms with Gasteiger partial charge in [0.15, 0.2) is 0 Å². The van der Waals surface area contributed by atoms with Crippen LogP contribution in [0.25, 0.3) is 27.4 Å². The second-order valence-corrected chi connectivity index (χ2v) is 5.54. The highest BCUT2D eigenvalue weighted by molar-refractivity contribution is 6.07. The molecule has 4 rings (SSSR count). The molecule has 0 spiro atoms. The first-order valence-corrected chi connectivity index (χ1v) is 7.42. The standard InChI is InChI=1S/C20H17NO/c1-14-13-19-18-6-4-3-5-15(18)7-12-20(19)21(14)16-8-10-17(22-2)11-9-16/h3-13H,1-2H3. The van der Waals surface area contributed by atoms with E-state index >= 15 is 0 Å². The molecule has 22 heavy (non-hydrogen) atoms. The third-order valence-electron chi connectivity index (χ3n) is 4.23. The number of benzene rings is 3. The zero-order valence-electron chi connectivity index (χ0n) is 12.7. The number of ether oxygens (including phenoxy) is 1. The van der Waals surface area contributed by atoms with Gasteiger partial charge in [0.05, 0.1) is 12.6 Å². The minimum absolute atomic E-state index is 0.878. The summed E-state index contributed by atoms with van der Waals surface area (Å²) in [6.07, 6.45) is 0. The molecule has 0 atom stereocenters. The van der Waals surface area contributed by atoms with Crippen LogP contribution in [0, 0.1) is 6.92 Å². The van der Waals surface area contributed by atoms with E-state index in [0.717, 1.165) is 11.4 Å². The van der Waals surface area contributed by atoms with Crippen LogP contribution in [0.4, 0.5) is 0 Å². The molecule has 2 nitrogen and oxygen atoms in total. The van der Waals surface area contributed by atoms with Crippen LogP contribution in [-0.2, 0) is 0 Å². The summed E-state index contributed by atoms with van der Waals surface area (Å²) in [4.78, 5) is 0. The van der Waals surface area contributed by atoms with E-state index in [2.05, 4.69) is 66.1 Å². The Labute approximate surface area is 129 Å². The summed E-state index contributed by atoms with van der Waals surface area (Å²) < 4.78 is 7.55. The van der Waals surface area contributed by atoms with Crippen molar-refractivity contribution in [2.45, 2.75) is 6.92 Å². The van der Waals surface area contributed by atoms with E-state index in [9.17, 15) is 0 Å². The first-order valence-electron chi connectivity index (χ1n) is 7.42. The van der Waals surface area contributed by atoms with Crippen LogP contribution in [0.3, 0.4) is 0 Å². The van der Waals surface area contributed by atoms with Crippen molar-refractivity contribution >= 4 is 21.7 Å². The van der Waals surface area contributed by atoms with Gasteiger partial charge in [-0.3, -0.25) is 0 Å². The molecule has 0 bridgehead atoms. The smallest absolute Gasteiger partial charge is 0.119 e. The van der Waals surface area contributed by atoms with Crippen molar-refractivity contribution in [2.75, 3.05) is 7.11 Å². The van der Waals surface area contributed by atoms with Crippen molar-refractivity contribution in [3.63, 3.8) is 0 Å². The third kappa shape index (κ3) is 1.88. The van der Waals surface area contributed by atoms with E-state index in [1.807, 2.05) is 12.1 Å². The van der Waals surface area contributed by atoms with Crippen LogP contribution in [0.5, 0.6) is 5.75 Å². The van der Waals surface area contributed by atoms with Gasteiger partial charge in [-0.2, -0.15) is 0 Å². The molecule has 1 heterocycles. The SMILES string of the molecule is COc1ccc(-n2c(C)cc3c4ccccc4ccc32)cc1. The maximum absolute atomic E-state index is 5.25. The van der Waals surface area contributed by atoms with Crippen LogP contribution in [0.2, 0.25) is 0 Å². The molecule has 1 aromatic heterocycles. The summed E-state index contributed by atoms with van der Waals surface area (Å²) in [6.45, 7) is 2.15. The van der Waals surface area contributed by atoms with Gasteiger partial charge in [-0.1, -0.05) is 30.3 Å². The molecule has 0 radical (unpaired) electrons. The van der Waals surface area contributed by atoms with Crippen molar-refractivity contribution in [3.8, 4) is 11.4 Å². The fourth-order valence-corrected chi connectivity index (χ4v) is 3.17. The highest BCUT2D eigenvalue weighted by Gasteiger charge is 2.10. The van der Waals surface area contributed by atoms with Gasteiger partial charge in [0.25, 0.3) is 0 Å². The molecule has 0 saturated carbocycles. The number of rotatable bonds is 2. The Balaban J connectivity index is 2.01. The minimum Gasteiger partial charge on any atom is -0.497 e. The number of fused-ring (bicyclic) bond motifs is 3. The Kier molecular flexibility index (Phi) is 2.90. The van der Waals surface area contributed by atoms with Crippen molar-refractivity contribution in [3.05, 3.63) is 72.4 Å². The molecular formula is C20H17NO. The van der Waals surface area contributed by atoms with Gasteiger partial charge < -0.3 is 9.30 Å². The minimum atomic E-state index is 0.878. The second-order valence-electron chi connectivity index (χ2n) is 5.54. The molecule has 2 heteroatoms. The van der Waals surface area contributed by atoms with E-state index in [0.29, 0.717) is 0 Å². The average molecular weight is 287 g/mol. The van der Waals surface area contributed by atoms with Gasteiger partial charge in [0, 0.05) is 16.8 Å². The molecule has 0 saturated heterocycles. The van der Waals surface area contributed by atoms with E-state index in [1.54, 1.807) is 7.11 Å². The molecular weight excluding hydrogens is 270 g/mol. The predicted molar refractivity (Wildman–Crippen MR) is 92.1 cm³/mol. The maximum atomic E-state index is 5.25. The fraction of sp³-hybridized carbons (Fsp3) is 0.100. The maximum Gasteiger partial charge on any atom is 0.119 e. The Morgan fingerprint density at radius 2 is 1.59 bits per heavy atom. The number of nitrogens with zero attached hydrogens (tertiary/aromatic N) is 1. The summed E-state index contributed by atoms with van der Waals surface area (Å²) in [6, 6.07) is 23.4. The Morgan fingerprint density at radius 1 is 0.818 bits per heavy atom. The van der Waals surface area contributed by atoms with Crippen molar-refractivity contribution in [1.29, 1.82) is 0 Å². The van der Waals surface area contributed by atoms with Gasteiger partial charge in [-0.15, -0.1) is 0 Å². The topological polar surface area (TPSA) is 14.2 Å². The number of aromatic nitrogens is 1. The average Bonchev–Trinajstić information content (AvgIpc) is 2.91. The van der Waals surface area contributed by atoms with E-state index in [4.69, 9.17) is 4.74 Å². The van der Waals surface area contributed by atoms with E-state index in [1.165, 1.54) is 27.4 Å². The quantitative estimate of drug-likeness (QED) is 0.500. The van der Waals surface area contributed by atoms with Gasteiger partial charge >= 0.3 is 0 Å². The summed E-state index contributed by atoms with van der Waals surface area (Å²) in [5, 5.41) is 3.88. The Hall–Kier alpha value is -2.74. The molecule has 108 valence electrons. The number of methoxy groups -OCH3 is 1. The molecule has 0 amide bonds. The third-order valence-corrected chi connectivity index (χ3v) is 4.23. The van der Waals surface area contributed by atoms with Crippen LogP contribution in [-0.4, -0.2) is 11.7 Å². The van der Waals surface area contributed by atoms with Crippen molar-refractivity contribution in [1.82, 2.24) is 4.57 Å². The normalized spacial score (nSPS) is 11.2. The van der Waals surface area contributed by atoms with Gasteiger partial charge in [-0.25, -0.2) is 0 Å². The van der Waals surface area contributed by atoms with Gasteiger partial charge in [-0.05, 0) is 54.1 Å². The summed E-state index contributed by atoms with van der Waals surface area (Å²) in [7, 11) is 1.69. The largest absolute Gasteiger partial charge is 0.497 e. The molecule has 4 aromatic rings. The highest BCUT2D eigenvalue weighted by atomic mass is 16.5. The first-order chi connectivity index (χ1) is 10.8. The predicted octanol–water partition coefficient (Wildman–Crippen LogP) is 5.10. The van der Waals surface area contributed by atoms with Crippen LogP contribution < -0.4 is 4.74 Å². The molecule has 0 aliphatic carbocycles. The number of aryl methyl sites for hydroxylation is 1. The number of hydrogen-bond donors (Lipinski definition) is 0. The molecule has 0 fully saturated rings. The lowest BCUT2D eigenvalue weighted by atomic mass is 10.1. The van der Waals surface area contributed by atoms with Crippen LogP contribution in [0.15, 0.2) is 66.7 Å².